The Morgan fingerprint density at radius 2 is 1.87 bits per heavy atom. The van der Waals surface area contributed by atoms with Gasteiger partial charge in [0.1, 0.15) is 28.9 Å². The Kier molecular flexibility index (Phi) is 6.47. The van der Waals surface area contributed by atoms with Crippen molar-refractivity contribution < 1.29 is 14.4 Å². The van der Waals surface area contributed by atoms with Crippen molar-refractivity contribution in [2.75, 3.05) is 13.2 Å². The molecule has 156 valence electrons. The van der Waals surface area contributed by atoms with Crippen molar-refractivity contribution >= 4 is 21.6 Å². The Hall–Kier alpha value is -2.67. The second-order valence-electron chi connectivity index (χ2n) is 7.41. The number of benzene rings is 2. The van der Waals surface area contributed by atoms with Crippen LogP contribution in [0.4, 0.5) is 0 Å². The van der Waals surface area contributed by atoms with Gasteiger partial charge in [0.25, 0.3) is 0 Å². The Morgan fingerprint density at radius 3 is 2.60 bits per heavy atom. The Bertz CT molecular complexity index is 1070. The maximum Gasteiger partial charge on any atom is 0.178 e. The van der Waals surface area contributed by atoms with E-state index in [4.69, 9.17) is 9.26 Å². The molecular weight excluding hydrogens is 396 g/mol. The fourth-order valence-electron chi connectivity index (χ4n) is 3.40. The highest BCUT2D eigenvalue weighted by Crippen LogP contribution is 2.32. The van der Waals surface area contributed by atoms with Crippen molar-refractivity contribution in [2.45, 2.75) is 32.4 Å². The van der Waals surface area contributed by atoms with Crippen molar-refractivity contribution in [2.24, 2.45) is 0 Å². The summed E-state index contributed by atoms with van der Waals surface area (Å²) in [4.78, 5) is 0. The smallest absolute Gasteiger partial charge is 0.178 e. The highest BCUT2D eigenvalue weighted by atomic mass is 32.1. The number of ether oxygens (including phenoxy) is 1. The van der Waals surface area contributed by atoms with E-state index >= 15 is 0 Å². The summed E-state index contributed by atoms with van der Waals surface area (Å²) < 4.78 is 12.1. The molecule has 0 aliphatic carbocycles. The third kappa shape index (κ3) is 4.73. The first-order chi connectivity index (χ1) is 14.6. The predicted molar refractivity (Wildman–Crippen MR) is 121 cm³/mol. The number of fused-ring (bicyclic) bond motifs is 1. The van der Waals surface area contributed by atoms with Gasteiger partial charge in [0, 0.05) is 18.2 Å². The van der Waals surface area contributed by atoms with Gasteiger partial charge in [-0.1, -0.05) is 41.9 Å². The molecule has 2 atom stereocenters. The maximum absolute atomic E-state index is 10.3. The number of aromatic nitrogens is 1. The Balaban J connectivity index is 1.29. The third-order valence-electron chi connectivity index (χ3n) is 5.14. The van der Waals surface area contributed by atoms with Crippen LogP contribution < -0.4 is 10.1 Å². The van der Waals surface area contributed by atoms with Gasteiger partial charge in [0.2, 0.25) is 0 Å². The fraction of sp³-hybridized carbons (Fsp3) is 0.292. The molecule has 0 radical (unpaired) electrons. The van der Waals surface area contributed by atoms with Crippen LogP contribution >= 0.6 is 11.3 Å². The normalized spacial score (nSPS) is 13.4. The van der Waals surface area contributed by atoms with E-state index in [1.165, 1.54) is 11.1 Å². The van der Waals surface area contributed by atoms with Gasteiger partial charge in [-0.15, -0.1) is 11.3 Å². The van der Waals surface area contributed by atoms with Gasteiger partial charge in [0.05, 0.1) is 0 Å². The number of nitrogens with zero attached hydrogens (tertiary/aromatic N) is 1. The molecule has 0 aliphatic rings. The van der Waals surface area contributed by atoms with Crippen molar-refractivity contribution in [3.63, 3.8) is 0 Å². The molecule has 4 aromatic rings. The van der Waals surface area contributed by atoms with Crippen LogP contribution in [0.5, 0.6) is 5.75 Å². The average molecular weight is 423 g/mol. The molecule has 0 saturated carbocycles. The third-order valence-corrected chi connectivity index (χ3v) is 6.04. The van der Waals surface area contributed by atoms with Gasteiger partial charge in [-0.3, -0.25) is 0 Å². The summed E-state index contributed by atoms with van der Waals surface area (Å²) >= 11 is 1.61. The summed E-state index contributed by atoms with van der Waals surface area (Å²) in [7, 11) is 0. The highest BCUT2D eigenvalue weighted by molar-refractivity contribution is 7.17. The lowest BCUT2D eigenvalue weighted by Crippen LogP contribution is -2.33. The Morgan fingerprint density at radius 1 is 1.10 bits per heavy atom. The van der Waals surface area contributed by atoms with Crippen molar-refractivity contribution in [1.29, 1.82) is 0 Å². The molecule has 0 bridgehead atoms. The predicted octanol–water partition coefficient (Wildman–Crippen LogP) is 5.35. The molecule has 0 fully saturated rings. The van der Waals surface area contributed by atoms with Gasteiger partial charge < -0.3 is 19.7 Å². The monoisotopic (exact) mass is 422 g/mol. The van der Waals surface area contributed by atoms with Crippen LogP contribution in [0.15, 0.2) is 64.5 Å². The van der Waals surface area contributed by atoms with E-state index in [9.17, 15) is 5.11 Å². The molecule has 0 aliphatic heterocycles. The number of thiophene rings is 1. The lowest BCUT2D eigenvalue weighted by Gasteiger charge is -2.20. The zero-order chi connectivity index (χ0) is 20.9. The van der Waals surface area contributed by atoms with Crippen LogP contribution in [0.3, 0.4) is 0 Å². The molecular formula is C24H26N2O3S. The molecule has 2 unspecified atom stereocenters. The van der Waals surface area contributed by atoms with Crippen molar-refractivity contribution in [1.82, 2.24) is 10.5 Å². The number of nitrogens with one attached hydrogen (secondary N) is 1. The molecule has 2 aromatic heterocycles. The van der Waals surface area contributed by atoms with Gasteiger partial charge in [-0.05, 0) is 54.6 Å². The zero-order valence-corrected chi connectivity index (χ0v) is 18.0. The number of aryl methyl sites for hydroxylation is 1. The summed E-state index contributed by atoms with van der Waals surface area (Å²) in [6.07, 6.45) is 0.364. The summed E-state index contributed by atoms with van der Waals surface area (Å²) in [5, 5.41) is 19.9. The van der Waals surface area contributed by atoms with Gasteiger partial charge >= 0.3 is 0 Å². The van der Waals surface area contributed by atoms with Crippen molar-refractivity contribution in [3.05, 3.63) is 71.1 Å². The molecule has 0 saturated heterocycles. The largest absolute Gasteiger partial charge is 0.491 e. The minimum absolute atomic E-state index is 0.219. The lowest BCUT2D eigenvalue weighted by molar-refractivity contribution is 0.103. The number of hydrogen-bond donors (Lipinski definition) is 2. The first kappa shape index (κ1) is 20.6. The second-order valence-corrected chi connectivity index (χ2v) is 8.33. The second kappa shape index (κ2) is 9.43. The van der Waals surface area contributed by atoms with E-state index in [2.05, 4.69) is 48.6 Å². The van der Waals surface area contributed by atoms with Gasteiger partial charge in [-0.25, -0.2) is 0 Å². The quantitative estimate of drug-likeness (QED) is 0.381. The Labute approximate surface area is 180 Å². The average Bonchev–Trinajstić information content (AvgIpc) is 3.38. The van der Waals surface area contributed by atoms with E-state index in [1.54, 1.807) is 11.3 Å². The summed E-state index contributed by atoms with van der Waals surface area (Å²) in [5.74, 6) is 0.717. The highest BCUT2D eigenvalue weighted by Gasteiger charge is 2.13. The first-order valence-corrected chi connectivity index (χ1v) is 11.1. The molecule has 30 heavy (non-hydrogen) atoms. The number of aliphatic hydroxyl groups excluding tert-OH is 1. The number of hydrogen-bond acceptors (Lipinski definition) is 6. The molecule has 6 heteroatoms. The lowest BCUT2D eigenvalue weighted by atomic mass is 10.0. The fourth-order valence-corrected chi connectivity index (χ4v) is 4.21. The van der Waals surface area contributed by atoms with Crippen molar-refractivity contribution in [3.8, 4) is 17.0 Å². The number of aliphatic hydroxyl groups is 1. The molecule has 2 N–H and O–H groups in total. The van der Waals surface area contributed by atoms with Crippen LogP contribution in [0, 0.1) is 6.92 Å². The molecule has 0 spiro atoms. The SMILES string of the molecule is CCC(NCC(O)COc1ccc(-c2noc3ccsc23)cc1)c1ccc(C)cc1. The molecule has 0 amide bonds. The molecule has 4 rings (SSSR count). The summed E-state index contributed by atoms with van der Waals surface area (Å²) in [6.45, 7) is 4.93. The molecule has 2 aromatic carbocycles. The summed E-state index contributed by atoms with van der Waals surface area (Å²) in [5.41, 5.74) is 5.12. The topological polar surface area (TPSA) is 67.5 Å². The van der Waals surface area contributed by atoms with Crippen LogP contribution in [0.25, 0.3) is 21.5 Å². The van der Waals surface area contributed by atoms with E-state index in [0.29, 0.717) is 12.3 Å². The molecule has 5 nitrogen and oxygen atoms in total. The standard InChI is InChI=1S/C24H26N2O3S/c1-3-21(17-6-4-16(2)5-7-17)25-14-19(27)15-28-20-10-8-18(9-11-20)23-24-22(29-26-23)12-13-30-24/h4-13,19,21,25,27H,3,14-15H2,1-2H3. The van der Waals surface area contributed by atoms with Crippen LogP contribution in [-0.2, 0) is 0 Å². The minimum atomic E-state index is -0.592. The maximum atomic E-state index is 10.3. The van der Waals surface area contributed by atoms with Crippen LogP contribution in [-0.4, -0.2) is 29.5 Å². The van der Waals surface area contributed by atoms with E-state index < -0.39 is 6.10 Å². The number of rotatable bonds is 9. The van der Waals surface area contributed by atoms with E-state index in [-0.39, 0.29) is 12.6 Å². The minimum Gasteiger partial charge on any atom is -0.491 e. The molecule has 2 heterocycles. The van der Waals surface area contributed by atoms with Gasteiger partial charge in [0.15, 0.2) is 5.58 Å². The van der Waals surface area contributed by atoms with Gasteiger partial charge in [-0.2, -0.15) is 0 Å². The van der Waals surface area contributed by atoms with E-state index in [1.807, 2.05) is 35.7 Å². The summed E-state index contributed by atoms with van der Waals surface area (Å²) in [6, 6.07) is 18.4. The van der Waals surface area contributed by atoms with Crippen LogP contribution in [0.2, 0.25) is 0 Å². The van der Waals surface area contributed by atoms with E-state index in [0.717, 1.165) is 28.0 Å². The van der Waals surface area contributed by atoms with Crippen LogP contribution in [0.1, 0.15) is 30.5 Å². The first-order valence-electron chi connectivity index (χ1n) is 10.2. The zero-order valence-electron chi connectivity index (χ0n) is 17.2.